The summed E-state index contributed by atoms with van der Waals surface area (Å²) in [6.07, 6.45) is 0.774. The molecule has 7 nitrogen and oxygen atoms in total. The lowest BCUT2D eigenvalue weighted by Crippen LogP contribution is -2.37. The Morgan fingerprint density at radius 1 is 1.10 bits per heavy atom. The van der Waals surface area contributed by atoms with E-state index in [1.165, 1.54) is 29.5 Å². The second-order valence-corrected chi connectivity index (χ2v) is 7.59. The van der Waals surface area contributed by atoms with Crippen molar-refractivity contribution in [2.24, 2.45) is 0 Å². The van der Waals surface area contributed by atoms with Crippen molar-refractivity contribution in [1.29, 1.82) is 0 Å². The van der Waals surface area contributed by atoms with E-state index in [0.717, 1.165) is 22.6 Å². The molecule has 0 fully saturated rings. The lowest BCUT2D eigenvalue weighted by atomic mass is 9.99. The van der Waals surface area contributed by atoms with Gasteiger partial charge in [0.1, 0.15) is 0 Å². The molecule has 0 radical (unpaired) electrons. The number of ether oxygens (including phenoxy) is 2. The zero-order chi connectivity index (χ0) is 20.8. The molecule has 1 aliphatic heterocycles. The van der Waals surface area contributed by atoms with Crippen LogP contribution in [0.1, 0.15) is 25.0 Å². The van der Waals surface area contributed by atoms with Crippen molar-refractivity contribution in [2.45, 2.75) is 31.7 Å². The summed E-state index contributed by atoms with van der Waals surface area (Å²) < 4.78 is 11.4. The number of carbonyl (C=O) groups excluding carboxylic acids is 1. The van der Waals surface area contributed by atoms with Crippen LogP contribution < -0.4 is 9.47 Å². The van der Waals surface area contributed by atoms with Gasteiger partial charge in [-0.2, -0.15) is 0 Å². The average molecular weight is 416 g/mol. The van der Waals surface area contributed by atoms with E-state index in [1.807, 2.05) is 30.9 Å². The van der Waals surface area contributed by atoms with Gasteiger partial charge in [-0.1, -0.05) is 0 Å². The Bertz CT molecular complexity index is 885. The van der Waals surface area contributed by atoms with E-state index in [9.17, 15) is 14.9 Å². The number of thioether (sulfide) groups is 1. The van der Waals surface area contributed by atoms with Gasteiger partial charge in [0.25, 0.3) is 5.69 Å². The number of rotatable bonds is 8. The summed E-state index contributed by atoms with van der Waals surface area (Å²) >= 11 is 1.39. The van der Waals surface area contributed by atoms with Crippen LogP contribution in [0.25, 0.3) is 0 Å². The highest BCUT2D eigenvalue weighted by Crippen LogP contribution is 2.34. The molecule has 3 rings (SSSR count). The molecule has 0 aliphatic carbocycles. The topological polar surface area (TPSA) is 81.9 Å². The van der Waals surface area contributed by atoms with E-state index >= 15 is 0 Å². The molecule has 0 aromatic heterocycles. The second-order valence-electron chi connectivity index (χ2n) is 6.54. The molecule has 1 aliphatic rings. The van der Waals surface area contributed by atoms with E-state index in [1.54, 1.807) is 12.1 Å². The lowest BCUT2D eigenvalue weighted by Gasteiger charge is -2.30. The van der Waals surface area contributed by atoms with Crippen LogP contribution >= 0.6 is 11.8 Å². The molecule has 0 saturated heterocycles. The summed E-state index contributed by atoms with van der Waals surface area (Å²) in [5, 5.41) is 10.7. The largest absolute Gasteiger partial charge is 0.490 e. The van der Waals surface area contributed by atoms with Gasteiger partial charge < -0.3 is 14.4 Å². The molecule has 0 N–H and O–H groups in total. The monoisotopic (exact) mass is 416 g/mol. The first-order chi connectivity index (χ1) is 14.0. The van der Waals surface area contributed by atoms with Crippen LogP contribution in [0.5, 0.6) is 11.5 Å². The van der Waals surface area contributed by atoms with Crippen LogP contribution in [-0.4, -0.2) is 41.2 Å². The molecule has 0 saturated carbocycles. The molecular weight excluding hydrogens is 392 g/mol. The van der Waals surface area contributed by atoms with Crippen LogP contribution in [0.3, 0.4) is 0 Å². The first-order valence-electron chi connectivity index (χ1n) is 9.58. The summed E-state index contributed by atoms with van der Waals surface area (Å²) in [4.78, 5) is 25.7. The lowest BCUT2D eigenvalue weighted by molar-refractivity contribution is -0.384. The minimum atomic E-state index is -0.432. The summed E-state index contributed by atoms with van der Waals surface area (Å²) in [6, 6.07) is 10.3. The molecule has 1 heterocycles. The third-order valence-corrected chi connectivity index (χ3v) is 5.64. The van der Waals surface area contributed by atoms with E-state index in [0.29, 0.717) is 37.8 Å². The molecule has 8 heteroatoms. The van der Waals surface area contributed by atoms with E-state index < -0.39 is 4.92 Å². The van der Waals surface area contributed by atoms with Gasteiger partial charge in [-0.15, -0.1) is 11.8 Å². The highest BCUT2D eigenvalue weighted by molar-refractivity contribution is 8.00. The highest BCUT2D eigenvalue weighted by Gasteiger charge is 2.23. The maximum absolute atomic E-state index is 12.7. The number of fused-ring (bicyclic) bond motifs is 1. The molecule has 0 bridgehead atoms. The zero-order valence-electron chi connectivity index (χ0n) is 16.6. The number of amides is 1. The Labute approximate surface area is 174 Å². The van der Waals surface area contributed by atoms with Gasteiger partial charge >= 0.3 is 0 Å². The minimum Gasteiger partial charge on any atom is -0.490 e. The van der Waals surface area contributed by atoms with Gasteiger partial charge in [0.05, 0.1) is 23.9 Å². The predicted octanol–water partition coefficient (Wildman–Crippen LogP) is 4.07. The van der Waals surface area contributed by atoms with Gasteiger partial charge in [-0.25, -0.2) is 0 Å². The quantitative estimate of drug-likeness (QED) is 0.367. The molecule has 0 unspecified atom stereocenters. The van der Waals surface area contributed by atoms with Crippen LogP contribution in [0.15, 0.2) is 41.3 Å². The number of hydrogen-bond acceptors (Lipinski definition) is 6. The summed E-state index contributed by atoms with van der Waals surface area (Å²) in [5.74, 6) is 1.80. The Morgan fingerprint density at radius 2 is 1.72 bits per heavy atom. The molecule has 29 heavy (non-hydrogen) atoms. The fourth-order valence-corrected chi connectivity index (χ4v) is 4.02. The highest BCUT2D eigenvalue weighted by atomic mass is 32.2. The molecule has 0 spiro atoms. The van der Waals surface area contributed by atoms with Gasteiger partial charge in [-0.05, 0) is 55.7 Å². The number of nitrogens with zero attached hydrogens (tertiary/aromatic N) is 2. The maximum atomic E-state index is 12.7. The van der Waals surface area contributed by atoms with Crippen molar-refractivity contribution >= 4 is 23.4 Å². The number of nitro benzene ring substituents is 1. The van der Waals surface area contributed by atoms with Crippen LogP contribution in [-0.2, 0) is 17.8 Å². The maximum Gasteiger partial charge on any atom is 0.269 e. The smallest absolute Gasteiger partial charge is 0.269 e. The van der Waals surface area contributed by atoms with Gasteiger partial charge in [-0.3, -0.25) is 14.9 Å². The third kappa shape index (κ3) is 5.20. The van der Waals surface area contributed by atoms with Crippen molar-refractivity contribution in [3.8, 4) is 11.5 Å². The number of benzene rings is 2. The second kappa shape index (κ2) is 9.65. The average Bonchev–Trinajstić information content (AvgIpc) is 2.72. The number of non-ortho nitro benzene ring substituents is 1. The van der Waals surface area contributed by atoms with Gasteiger partial charge in [0.15, 0.2) is 11.5 Å². The first kappa shape index (κ1) is 21.0. The van der Waals surface area contributed by atoms with E-state index in [4.69, 9.17) is 9.47 Å². The predicted molar refractivity (Wildman–Crippen MR) is 112 cm³/mol. The van der Waals surface area contributed by atoms with E-state index in [-0.39, 0.29) is 11.6 Å². The third-order valence-electron chi connectivity index (χ3n) is 4.64. The zero-order valence-corrected chi connectivity index (χ0v) is 17.4. The summed E-state index contributed by atoms with van der Waals surface area (Å²) in [5.41, 5.74) is 2.31. The van der Waals surface area contributed by atoms with Crippen molar-refractivity contribution in [3.63, 3.8) is 0 Å². The Hall–Kier alpha value is -2.74. The van der Waals surface area contributed by atoms with Crippen LogP contribution in [0.4, 0.5) is 5.69 Å². The normalized spacial score (nSPS) is 13.0. The SMILES string of the molecule is CCOc1cc2c(cc1OCC)CN(C(=O)CSc1ccc([N+](=O)[O-])cc1)CC2. The molecule has 154 valence electrons. The number of nitro groups is 1. The van der Waals surface area contributed by atoms with Crippen molar-refractivity contribution in [2.75, 3.05) is 25.5 Å². The van der Waals surface area contributed by atoms with Crippen molar-refractivity contribution < 1.29 is 19.2 Å². The Balaban J connectivity index is 1.64. The van der Waals surface area contributed by atoms with Crippen LogP contribution in [0.2, 0.25) is 0 Å². The summed E-state index contributed by atoms with van der Waals surface area (Å²) in [6.45, 7) is 6.20. The standard InChI is InChI=1S/C21H24N2O5S/c1-3-27-19-11-15-9-10-22(13-16(15)12-20(19)28-4-2)21(24)14-29-18-7-5-17(6-8-18)23(25)26/h5-8,11-12H,3-4,9-10,13-14H2,1-2H3. The summed E-state index contributed by atoms with van der Waals surface area (Å²) in [7, 11) is 0. The first-order valence-corrected chi connectivity index (χ1v) is 10.6. The molecule has 1 amide bonds. The molecule has 2 aromatic carbocycles. The van der Waals surface area contributed by atoms with Crippen molar-refractivity contribution in [3.05, 3.63) is 57.6 Å². The Morgan fingerprint density at radius 3 is 2.31 bits per heavy atom. The fourth-order valence-electron chi connectivity index (χ4n) is 3.21. The molecular formula is C21H24N2O5S. The van der Waals surface area contributed by atoms with Crippen molar-refractivity contribution in [1.82, 2.24) is 4.90 Å². The molecule has 0 atom stereocenters. The number of carbonyl (C=O) groups is 1. The minimum absolute atomic E-state index is 0.0461. The van der Waals surface area contributed by atoms with Gasteiger partial charge in [0, 0.05) is 30.1 Å². The fraction of sp³-hybridized carbons (Fsp3) is 0.381. The Kier molecular flexibility index (Phi) is 6.98. The molecule has 2 aromatic rings. The van der Waals surface area contributed by atoms with Gasteiger partial charge in [0.2, 0.25) is 5.91 Å². The number of hydrogen-bond donors (Lipinski definition) is 0. The van der Waals surface area contributed by atoms with E-state index in [2.05, 4.69) is 0 Å². The van der Waals surface area contributed by atoms with Crippen LogP contribution in [0, 0.1) is 10.1 Å².